The Morgan fingerprint density at radius 1 is 1.34 bits per heavy atom. The number of nitrogens with one attached hydrogen (secondary N) is 2. The molecular formula is C21H29F3N3O4S+. The second-order valence-corrected chi connectivity index (χ2v) is 9.56. The van der Waals surface area contributed by atoms with Gasteiger partial charge in [0.1, 0.15) is 5.70 Å². The normalized spacial score (nSPS) is 17.5. The summed E-state index contributed by atoms with van der Waals surface area (Å²) < 4.78 is 73.4. The van der Waals surface area contributed by atoms with E-state index in [-0.39, 0.29) is 24.6 Å². The van der Waals surface area contributed by atoms with Crippen LogP contribution in [0.3, 0.4) is 0 Å². The molecule has 1 aromatic rings. The zero-order valence-corrected chi connectivity index (χ0v) is 19.1. The third kappa shape index (κ3) is 6.63. The van der Waals surface area contributed by atoms with Crippen molar-refractivity contribution in [2.45, 2.75) is 63.1 Å². The molecule has 4 N–H and O–H groups in total. The quantitative estimate of drug-likeness (QED) is 0.376. The van der Waals surface area contributed by atoms with Crippen LogP contribution in [0.1, 0.15) is 57.1 Å². The molecule has 7 nitrogen and oxygen atoms in total. The van der Waals surface area contributed by atoms with Crippen molar-refractivity contribution in [3.63, 3.8) is 0 Å². The molecule has 1 atom stereocenters. The smallest absolute Gasteiger partial charge is 0.416 e. The largest absolute Gasteiger partial charge is 0.462 e. The summed E-state index contributed by atoms with van der Waals surface area (Å²) in [5.41, 5.74) is 0.271. The molecule has 0 saturated carbocycles. The van der Waals surface area contributed by atoms with Gasteiger partial charge in [-0.15, -0.1) is 0 Å². The molecular weight excluding hydrogens is 447 g/mol. The summed E-state index contributed by atoms with van der Waals surface area (Å²) in [6.07, 6.45) is -2.12. The predicted molar refractivity (Wildman–Crippen MR) is 113 cm³/mol. The van der Waals surface area contributed by atoms with Gasteiger partial charge in [0, 0.05) is 18.2 Å². The number of esters is 1. The lowest BCUT2D eigenvalue weighted by Gasteiger charge is -2.25. The summed E-state index contributed by atoms with van der Waals surface area (Å²) in [6, 6.07) is 2.04. The van der Waals surface area contributed by atoms with E-state index in [0.717, 1.165) is 12.3 Å². The molecule has 178 valence electrons. The fourth-order valence-corrected chi connectivity index (χ4v) is 4.84. The molecule has 0 bridgehead atoms. The van der Waals surface area contributed by atoms with Crippen molar-refractivity contribution in [2.24, 2.45) is 0 Å². The van der Waals surface area contributed by atoms with Gasteiger partial charge in [0.15, 0.2) is 6.54 Å². The Labute approximate surface area is 186 Å². The summed E-state index contributed by atoms with van der Waals surface area (Å²) >= 11 is 0. The zero-order valence-electron chi connectivity index (χ0n) is 18.3. The average Bonchev–Trinajstić information content (AvgIpc) is 2.71. The number of quaternary nitrogens is 1. The van der Waals surface area contributed by atoms with E-state index in [1.807, 2.05) is 0 Å². The molecule has 1 unspecified atom stereocenters. The van der Waals surface area contributed by atoms with Crippen molar-refractivity contribution in [1.29, 1.82) is 5.41 Å². The number of nitrogens with two attached hydrogens (primary N) is 1. The topological polar surface area (TPSA) is 113 Å². The van der Waals surface area contributed by atoms with Gasteiger partial charge >= 0.3 is 12.1 Å². The van der Waals surface area contributed by atoms with Gasteiger partial charge in [-0.05, 0) is 49.4 Å². The first-order chi connectivity index (χ1) is 14.9. The summed E-state index contributed by atoms with van der Waals surface area (Å²) in [6.45, 7) is 5.28. The number of ether oxygens (including phenoxy) is 1. The second-order valence-electron chi connectivity index (χ2n) is 7.85. The van der Waals surface area contributed by atoms with Crippen LogP contribution in [0, 0.1) is 5.41 Å². The van der Waals surface area contributed by atoms with E-state index < -0.39 is 38.7 Å². The van der Waals surface area contributed by atoms with E-state index in [1.165, 1.54) is 6.07 Å². The first-order valence-corrected chi connectivity index (χ1v) is 11.8. The molecule has 1 aliphatic rings. The molecule has 0 aliphatic heterocycles. The number of allylic oxidation sites excluding steroid dienone is 1. The maximum absolute atomic E-state index is 13.3. The Morgan fingerprint density at radius 2 is 2.03 bits per heavy atom. The van der Waals surface area contributed by atoms with Crippen LogP contribution in [0.2, 0.25) is 0 Å². The Balaban J connectivity index is 2.35. The fraction of sp³-hybridized carbons (Fsp3) is 0.524. The summed E-state index contributed by atoms with van der Waals surface area (Å²) in [7, 11) is -4.30. The monoisotopic (exact) mass is 476 g/mol. The third-order valence-electron chi connectivity index (χ3n) is 5.19. The minimum absolute atomic E-state index is 0.00857. The third-order valence-corrected chi connectivity index (χ3v) is 6.64. The van der Waals surface area contributed by atoms with E-state index in [2.05, 4.69) is 4.72 Å². The number of hydrogen-bond acceptors (Lipinski definition) is 5. The van der Waals surface area contributed by atoms with Gasteiger partial charge in [0.2, 0.25) is 10.0 Å². The average molecular weight is 477 g/mol. The van der Waals surface area contributed by atoms with Crippen LogP contribution in [0.15, 0.2) is 34.4 Å². The van der Waals surface area contributed by atoms with Gasteiger partial charge in [-0.2, -0.15) is 13.2 Å². The van der Waals surface area contributed by atoms with E-state index in [0.29, 0.717) is 36.6 Å². The van der Waals surface area contributed by atoms with Crippen LogP contribution >= 0.6 is 0 Å². The maximum Gasteiger partial charge on any atom is 0.416 e. The van der Waals surface area contributed by atoms with Crippen LogP contribution in [-0.2, 0) is 25.7 Å². The summed E-state index contributed by atoms with van der Waals surface area (Å²) in [5, 5.41) is 9.35. The molecule has 1 aromatic carbocycles. The van der Waals surface area contributed by atoms with E-state index in [9.17, 15) is 26.4 Å². The highest BCUT2D eigenvalue weighted by Gasteiger charge is 2.34. The first kappa shape index (κ1) is 26.0. The van der Waals surface area contributed by atoms with E-state index in [4.69, 9.17) is 10.1 Å². The minimum atomic E-state index is -4.69. The molecule has 11 heteroatoms. The molecule has 0 radical (unpaired) electrons. The van der Waals surface area contributed by atoms with Crippen LogP contribution in [0.5, 0.6) is 0 Å². The lowest BCUT2D eigenvalue weighted by Crippen LogP contribution is -2.85. The molecule has 2 rings (SSSR count). The maximum atomic E-state index is 13.3. The number of rotatable bonds is 9. The molecule has 0 fully saturated rings. The number of benzene rings is 1. The summed E-state index contributed by atoms with van der Waals surface area (Å²) in [4.78, 5) is 11.2. The van der Waals surface area contributed by atoms with Gasteiger partial charge in [0.25, 0.3) is 0 Å². The number of halogens is 3. The number of carbonyl (C=O) groups excluding carboxylic acids is 1. The Hall–Kier alpha value is -2.24. The van der Waals surface area contributed by atoms with Crippen LogP contribution in [0.4, 0.5) is 13.2 Å². The van der Waals surface area contributed by atoms with Crippen molar-refractivity contribution < 1.29 is 36.4 Å². The number of alkyl halides is 3. The van der Waals surface area contributed by atoms with Crippen LogP contribution < -0.4 is 10.0 Å². The molecule has 0 aromatic heterocycles. The number of hydrogen-bond donors (Lipinski definition) is 3. The second kappa shape index (κ2) is 10.6. The molecule has 0 heterocycles. The van der Waals surface area contributed by atoms with Crippen molar-refractivity contribution in [3.05, 3.63) is 40.6 Å². The Morgan fingerprint density at radius 3 is 2.59 bits per heavy atom. The van der Waals surface area contributed by atoms with Crippen molar-refractivity contribution in [3.8, 4) is 0 Å². The molecule has 0 amide bonds. The number of sulfonamides is 1. The molecule has 0 saturated heterocycles. The molecule has 32 heavy (non-hydrogen) atoms. The lowest BCUT2D eigenvalue weighted by molar-refractivity contribution is -0.600. The van der Waals surface area contributed by atoms with Crippen molar-refractivity contribution in [1.82, 2.24) is 4.72 Å². The van der Waals surface area contributed by atoms with Crippen LogP contribution in [-0.4, -0.2) is 39.8 Å². The van der Waals surface area contributed by atoms with E-state index in [1.54, 1.807) is 26.1 Å². The van der Waals surface area contributed by atoms with E-state index >= 15 is 0 Å². The molecule has 1 aliphatic carbocycles. The van der Waals surface area contributed by atoms with Gasteiger partial charge in [0.05, 0.1) is 23.1 Å². The lowest BCUT2D eigenvalue weighted by atomic mass is 9.92. The predicted octanol–water partition coefficient (Wildman–Crippen LogP) is 2.69. The van der Waals surface area contributed by atoms with Gasteiger partial charge < -0.3 is 15.5 Å². The van der Waals surface area contributed by atoms with Crippen LogP contribution in [0.25, 0.3) is 0 Å². The SMILES string of the molecule is CCOC(=O)C[NH2+]C1=C(C=N)C(NS(=O)(=O)c2cc(C(C)C)cc(C(F)(F)F)c2)CCC1. The highest BCUT2D eigenvalue weighted by atomic mass is 32.2. The Kier molecular flexibility index (Phi) is 8.60. The highest BCUT2D eigenvalue weighted by molar-refractivity contribution is 7.89. The zero-order chi connectivity index (χ0) is 24.1. The molecule has 0 spiro atoms. The van der Waals surface area contributed by atoms with Gasteiger partial charge in [-0.25, -0.2) is 17.9 Å². The summed E-state index contributed by atoms with van der Waals surface area (Å²) in [5.74, 6) is -0.737. The highest BCUT2D eigenvalue weighted by Crippen LogP contribution is 2.34. The Bertz CT molecular complexity index is 988. The van der Waals surface area contributed by atoms with Crippen molar-refractivity contribution in [2.75, 3.05) is 13.2 Å². The van der Waals surface area contributed by atoms with Crippen molar-refractivity contribution >= 4 is 22.2 Å². The number of carbonyl (C=O) groups is 1. The minimum Gasteiger partial charge on any atom is -0.462 e. The van der Waals surface area contributed by atoms with Gasteiger partial charge in [-0.1, -0.05) is 13.8 Å². The van der Waals surface area contributed by atoms with Gasteiger partial charge in [-0.3, -0.25) is 0 Å². The fourth-order valence-electron chi connectivity index (χ4n) is 3.51. The standard InChI is InChI=1S/C21H28F3N3O4S/c1-4-31-20(28)12-26-18-6-5-7-19(17(18)11-25)27-32(29,30)16-9-14(13(2)3)8-15(10-16)21(22,23)24/h8-11,13,19,25-27H,4-7,12H2,1-3H3/p+1. The first-order valence-electron chi connectivity index (χ1n) is 10.4.